The molecule has 1 fully saturated rings. The van der Waals surface area contributed by atoms with Gasteiger partial charge >= 0.3 is 0 Å². The molecule has 1 aromatic heterocycles. The van der Waals surface area contributed by atoms with Crippen molar-refractivity contribution < 1.29 is 14.4 Å². The number of anilines is 1. The van der Waals surface area contributed by atoms with Crippen molar-refractivity contribution in [3.63, 3.8) is 0 Å². The van der Waals surface area contributed by atoms with Gasteiger partial charge in [0.1, 0.15) is 12.6 Å². The van der Waals surface area contributed by atoms with Gasteiger partial charge in [0.25, 0.3) is 5.91 Å². The van der Waals surface area contributed by atoms with E-state index >= 15 is 0 Å². The fraction of sp³-hybridized carbons (Fsp3) is 0.500. The Hall–Kier alpha value is -2.03. The minimum atomic E-state index is -0.646. The molecule has 1 aromatic rings. The van der Waals surface area contributed by atoms with Gasteiger partial charge in [0.2, 0.25) is 22.0 Å². The molecule has 0 saturated carbocycles. The number of nitrogens with zero attached hydrogens (tertiary/aromatic N) is 3. The van der Waals surface area contributed by atoms with Gasteiger partial charge in [0, 0.05) is 7.05 Å². The summed E-state index contributed by atoms with van der Waals surface area (Å²) in [5.41, 5.74) is 0. The summed E-state index contributed by atoms with van der Waals surface area (Å²) in [7, 11) is 1.67. The van der Waals surface area contributed by atoms with E-state index in [1.807, 2.05) is 0 Å². The number of amides is 3. The van der Waals surface area contributed by atoms with E-state index in [9.17, 15) is 14.4 Å². The first-order valence-corrected chi connectivity index (χ1v) is 6.54. The molecule has 2 heterocycles. The molecule has 0 aliphatic carbocycles. The Morgan fingerprint density at radius 3 is 2.84 bits per heavy atom. The van der Waals surface area contributed by atoms with Gasteiger partial charge in [0.05, 0.1) is 0 Å². The highest BCUT2D eigenvalue weighted by Gasteiger charge is 2.37. The summed E-state index contributed by atoms with van der Waals surface area (Å²) in [6.45, 7) is 1.64. The first kappa shape index (κ1) is 13.4. The molecule has 2 N–H and O–H groups in total. The molecule has 0 spiro atoms. The van der Waals surface area contributed by atoms with Crippen LogP contribution in [0.25, 0.3) is 0 Å². The standard InChI is InChI=1S/C10H13N5O3S/c1-3-5-7(17)12-6(16)4-15(5)9(18)8-13-14-10(11-2)19-8/h5H,3-4H2,1-2H3,(H,11,14)(H,12,16,17). The molecule has 1 aliphatic rings. The molecule has 0 aromatic carbocycles. The van der Waals surface area contributed by atoms with Crippen molar-refractivity contribution in [1.29, 1.82) is 0 Å². The summed E-state index contributed by atoms with van der Waals surface area (Å²) in [6.07, 6.45) is 0.433. The van der Waals surface area contributed by atoms with Crippen molar-refractivity contribution >= 4 is 34.2 Å². The van der Waals surface area contributed by atoms with Gasteiger partial charge in [-0.1, -0.05) is 18.3 Å². The number of rotatable bonds is 3. The van der Waals surface area contributed by atoms with Crippen LogP contribution in [0.15, 0.2) is 0 Å². The fourth-order valence-corrected chi connectivity index (χ4v) is 2.47. The molecule has 3 amide bonds. The third-order valence-corrected chi connectivity index (χ3v) is 3.65. The van der Waals surface area contributed by atoms with Gasteiger partial charge in [-0.25, -0.2) is 0 Å². The van der Waals surface area contributed by atoms with Crippen LogP contribution >= 0.6 is 11.3 Å². The summed E-state index contributed by atoms with van der Waals surface area (Å²) in [5.74, 6) is -1.39. The predicted molar refractivity (Wildman–Crippen MR) is 67.7 cm³/mol. The van der Waals surface area contributed by atoms with Crippen molar-refractivity contribution in [2.45, 2.75) is 19.4 Å². The summed E-state index contributed by atoms with van der Waals surface area (Å²) in [4.78, 5) is 36.5. The highest BCUT2D eigenvalue weighted by molar-refractivity contribution is 7.17. The van der Waals surface area contributed by atoms with E-state index in [0.717, 1.165) is 11.3 Å². The number of aromatic nitrogens is 2. The van der Waals surface area contributed by atoms with Crippen LogP contribution in [0.2, 0.25) is 0 Å². The maximum atomic E-state index is 12.3. The largest absolute Gasteiger partial charge is 0.363 e. The van der Waals surface area contributed by atoms with Crippen LogP contribution < -0.4 is 10.6 Å². The Kier molecular flexibility index (Phi) is 3.74. The lowest BCUT2D eigenvalue weighted by Gasteiger charge is -2.32. The minimum Gasteiger partial charge on any atom is -0.363 e. The third-order valence-electron chi connectivity index (χ3n) is 2.72. The second-order valence-electron chi connectivity index (χ2n) is 3.93. The average Bonchev–Trinajstić information content (AvgIpc) is 2.85. The van der Waals surface area contributed by atoms with Crippen LogP contribution in [0.1, 0.15) is 23.1 Å². The van der Waals surface area contributed by atoms with Crippen molar-refractivity contribution in [3.05, 3.63) is 5.01 Å². The van der Waals surface area contributed by atoms with Crippen LogP contribution in [-0.4, -0.2) is 52.5 Å². The van der Waals surface area contributed by atoms with E-state index < -0.39 is 23.8 Å². The molecule has 0 bridgehead atoms. The molecule has 2 rings (SSSR count). The lowest BCUT2D eigenvalue weighted by Crippen LogP contribution is -2.59. The van der Waals surface area contributed by atoms with Gasteiger partial charge in [0.15, 0.2) is 0 Å². The second-order valence-corrected chi connectivity index (χ2v) is 4.91. The summed E-state index contributed by atoms with van der Waals surface area (Å²) in [6, 6.07) is -0.646. The molecule has 1 unspecified atom stereocenters. The molecule has 8 nitrogen and oxygen atoms in total. The molecule has 9 heteroatoms. The lowest BCUT2D eigenvalue weighted by molar-refractivity contribution is -0.138. The SMILES string of the molecule is CCC1C(=O)NC(=O)CN1C(=O)c1nnc(NC)s1. The normalized spacial score (nSPS) is 19.3. The number of carbonyl (C=O) groups is 3. The Morgan fingerprint density at radius 1 is 1.53 bits per heavy atom. The van der Waals surface area contributed by atoms with Crippen molar-refractivity contribution in [1.82, 2.24) is 20.4 Å². The maximum Gasteiger partial charge on any atom is 0.286 e. The van der Waals surface area contributed by atoms with Crippen LogP contribution in [0.5, 0.6) is 0 Å². The van der Waals surface area contributed by atoms with Gasteiger partial charge in [-0.3, -0.25) is 19.7 Å². The number of hydrogen-bond acceptors (Lipinski definition) is 7. The van der Waals surface area contributed by atoms with E-state index in [0.29, 0.717) is 11.6 Å². The van der Waals surface area contributed by atoms with Gasteiger partial charge in [-0.05, 0) is 6.42 Å². The van der Waals surface area contributed by atoms with E-state index in [4.69, 9.17) is 0 Å². The Balaban J connectivity index is 2.24. The topological polar surface area (TPSA) is 104 Å². The lowest BCUT2D eigenvalue weighted by atomic mass is 10.1. The highest BCUT2D eigenvalue weighted by Crippen LogP contribution is 2.19. The van der Waals surface area contributed by atoms with Gasteiger partial charge in [-0.2, -0.15) is 0 Å². The predicted octanol–water partition coefficient (Wildman–Crippen LogP) is -0.543. The average molecular weight is 283 g/mol. The Morgan fingerprint density at radius 2 is 2.26 bits per heavy atom. The summed E-state index contributed by atoms with van der Waals surface area (Å²) in [5, 5.41) is 13.2. The zero-order valence-corrected chi connectivity index (χ0v) is 11.3. The minimum absolute atomic E-state index is 0.141. The molecular formula is C10H13N5O3S. The maximum absolute atomic E-state index is 12.3. The van der Waals surface area contributed by atoms with Crippen molar-refractivity contribution in [3.8, 4) is 0 Å². The first-order valence-electron chi connectivity index (χ1n) is 5.72. The summed E-state index contributed by atoms with van der Waals surface area (Å²) >= 11 is 1.08. The quantitative estimate of drug-likeness (QED) is 0.722. The molecule has 1 atom stereocenters. The zero-order valence-electron chi connectivity index (χ0n) is 10.5. The molecule has 19 heavy (non-hydrogen) atoms. The first-order chi connectivity index (χ1) is 9.06. The molecule has 1 saturated heterocycles. The summed E-state index contributed by atoms with van der Waals surface area (Å²) < 4.78 is 0. The fourth-order valence-electron chi connectivity index (χ4n) is 1.82. The van der Waals surface area contributed by atoms with Crippen LogP contribution in [0.4, 0.5) is 5.13 Å². The molecular weight excluding hydrogens is 270 g/mol. The second kappa shape index (κ2) is 5.31. The third kappa shape index (κ3) is 2.55. The Labute approximate surface area is 113 Å². The number of nitrogens with one attached hydrogen (secondary N) is 2. The van der Waals surface area contributed by atoms with Crippen LogP contribution in [0.3, 0.4) is 0 Å². The van der Waals surface area contributed by atoms with Gasteiger partial charge in [-0.15, -0.1) is 10.2 Å². The Bertz CT molecular complexity index is 529. The van der Waals surface area contributed by atoms with Crippen molar-refractivity contribution in [2.24, 2.45) is 0 Å². The molecule has 102 valence electrons. The van der Waals surface area contributed by atoms with E-state index in [2.05, 4.69) is 20.8 Å². The van der Waals surface area contributed by atoms with Crippen molar-refractivity contribution in [2.75, 3.05) is 18.9 Å². The van der Waals surface area contributed by atoms with E-state index in [1.165, 1.54) is 4.90 Å². The monoisotopic (exact) mass is 283 g/mol. The smallest absolute Gasteiger partial charge is 0.286 e. The van der Waals surface area contributed by atoms with Gasteiger partial charge < -0.3 is 10.2 Å². The number of carbonyl (C=O) groups excluding carboxylic acids is 3. The number of piperazine rings is 1. The highest BCUT2D eigenvalue weighted by atomic mass is 32.1. The number of imide groups is 1. The zero-order chi connectivity index (χ0) is 14.0. The van der Waals surface area contributed by atoms with Crippen LogP contribution in [0, 0.1) is 0 Å². The van der Waals surface area contributed by atoms with E-state index in [-0.39, 0.29) is 11.6 Å². The van der Waals surface area contributed by atoms with Crippen LogP contribution in [-0.2, 0) is 9.59 Å². The molecule has 1 aliphatic heterocycles. The molecule has 0 radical (unpaired) electrons. The van der Waals surface area contributed by atoms with E-state index in [1.54, 1.807) is 14.0 Å². The number of hydrogen-bond donors (Lipinski definition) is 2.